The number of rotatable bonds is 4. The molecule has 0 amide bonds. The number of thioether (sulfide) groups is 1. The predicted octanol–water partition coefficient (Wildman–Crippen LogP) is 3.31. The molecule has 0 spiro atoms. The molecule has 0 unspecified atom stereocenters. The summed E-state index contributed by atoms with van der Waals surface area (Å²) in [6.45, 7) is 3.15. The fourth-order valence-corrected chi connectivity index (χ4v) is 2.54. The summed E-state index contributed by atoms with van der Waals surface area (Å²) < 4.78 is -0.468. The molecule has 5 nitrogen and oxygen atoms in total. The maximum Gasteiger partial charge on any atom is 0.319 e. The molecule has 1 aromatic rings. The zero-order valence-corrected chi connectivity index (χ0v) is 11.5. The van der Waals surface area contributed by atoms with Crippen molar-refractivity contribution in [3.63, 3.8) is 0 Å². The number of non-ortho nitro benzene ring substituents is 1. The van der Waals surface area contributed by atoms with Crippen LogP contribution in [0.1, 0.15) is 13.8 Å². The number of nitro groups is 1. The van der Waals surface area contributed by atoms with Gasteiger partial charge in [-0.2, -0.15) is 0 Å². The summed E-state index contributed by atoms with van der Waals surface area (Å²) in [7, 11) is 0. The third kappa shape index (κ3) is 3.44. The average Bonchev–Trinajstić information content (AvgIpc) is 2.20. The number of hydrogen-bond donors (Lipinski definition) is 1. The number of carboxylic acids is 1. The van der Waals surface area contributed by atoms with Crippen LogP contribution < -0.4 is 0 Å². The molecule has 17 heavy (non-hydrogen) atoms. The zero-order chi connectivity index (χ0) is 13.2. The van der Waals surface area contributed by atoms with Crippen molar-refractivity contribution < 1.29 is 14.8 Å². The highest BCUT2D eigenvalue weighted by atomic mass is 79.9. The van der Waals surface area contributed by atoms with E-state index in [9.17, 15) is 14.9 Å². The van der Waals surface area contributed by atoms with Gasteiger partial charge in [0.15, 0.2) is 0 Å². The molecule has 7 heteroatoms. The van der Waals surface area contributed by atoms with Gasteiger partial charge in [-0.1, -0.05) is 0 Å². The van der Waals surface area contributed by atoms with Crippen LogP contribution in [0.4, 0.5) is 5.69 Å². The third-order valence-electron chi connectivity index (χ3n) is 2.01. The van der Waals surface area contributed by atoms with Crippen LogP contribution in [0.5, 0.6) is 0 Å². The number of carbonyl (C=O) groups is 1. The van der Waals surface area contributed by atoms with Crippen LogP contribution >= 0.6 is 27.7 Å². The summed E-state index contributed by atoms with van der Waals surface area (Å²) in [4.78, 5) is 21.7. The quantitative estimate of drug-likeness (QED) is 0.523. The maximum absolute atomic E-state index is 11.0. The standard InChI is InChI=1S/C10H10BrNO4S/c1-10(2,9(13)14)17-8-4-3-6(12(15)16)5-7(8)11/h3-5H,1-2H3,(H,13,14). The summed E-state index contributed by atoms with van der Waals surface area (Å²) in [5.74, 6) is -0.937. The van der Waals surface area contributed by atoms with Gasteiger partial charge in [-0.05, 0) is 35.8 Å². The van der Waals surface area contributed by atoms with Crippen molar-refractivity contribution in [2.75, 3.05) is 0 Å². The van der Waals surface area contributed by atoms with Gasteiger partial charge in [0.05, 0.1) is 4.92 Å². The SMILES string of the molecule is CC(C)(Sc1ccc([N+](=O)[O-])cc1Br)C(=O)O. The van der Waals surface area contributed by atoms with E-state index in [-0.39, 0.29) is 5.69 Å². The zero-order valence-electron chi connectivity index (χ0n) is 9.14. The molecule has 0 aromatic heterocycles. The fourth-order valence-electron chi connectivity index (χ4n) is 1.00. The van der Waals surface area contributed by atoms with Crippen LogP contribution in [0, 0.1) is 10.1 Å². The van der Waals surface area contributed by atoms with E-state index in [2.05, 4.69) is 15.9 Å². The number of nitrogens with zero attached hydrogens (tertiary/aromatic N) is 1. The molecule has 0 saturated carbocycles. The topological polar surface area (TPSA) is 80.4 Å². The summed E-state index contributed by atoms with van der Waals surface area (Å²) in [5.41, 5.74) is -0.0330. The molecule has 1 aromatic carbocycles. The highest BCUT2D eigenvalue weighted by Gasteiger charge is 2.29. The lowest BCUT2D eigenvalue weighted by molar-refractivity contribution is -0.385. The van der Waals surface area contributed by atoms with Crippen LogP contribution in [0.3, 0.4) is 0 Å². The minimum atomic E-state index is -0.987. The first-order valence-corrected chi connectivity index (χ1v) is 6.21. The average molecular weight is 320 g/mol. The molecule has 92 valence electrons. The second-order valence-electron chi connectivity index (χ2n) is 3.79. The van der Waals surface area contributed by atoms with Crippen molar-refractivity contribution in [2.45, 2.75) is 23.5 Å². The summed E-state index contributed by atoms with van der Waals surface area (Å²) in [6.07, 6.45) is 0. The van der Waals surface area contributed by atoms with Crippen molar-refractivity contribution in [2.24, 2.45) is 0 Å². The molecule has 0 saturated heterocycles. The Morgan fingerprint density at radius 2 is 2.12 bits per heavy atom. The van der Waals surface area contributed by atoms with Gasteiger partial charge in [0, 0.05) is 21.5 Å². The molecule has 0 heterocycles. The van der Waals surface area contributed by atoms with E-state index in [0.717, 1.165) is 11.8 Å². The Morgan fingerprint density at radius 1 is 1.53 bits per heavy atom. The Bertz CT molecular complexity index is 475. The molecular weight excluding hydrogens is 310 g/mol. The van der Waals surface area contributed by atoms with Crippen molar-refractivity contribution in [3.05, 3.63) is 32.8 Å². The highest BCUT2D eigenvalue weighted by molar-refractivity contribution is 9.10. The number of carboxylic acid groups (broad SMARTS) is 1. The van der Waals surface area contributed by atoms with E-state index in [4.69, 9.17) is 5.11 Å². The molecule has 0 atom stereocenters. The first-order valence-electron chi connectivity index (χ1n) is 4.60. The van der Waals surface area contributed by atoms with Gasteiger partial charge in [-0.15, -0.1) is 11.8 Å². The summed E-state index contributed by atoms with van der Waals surface area (Å²) in [6, 6.07) is 4.25. The molecular formula is C10H10BrNO4S. The van der Waals surface area contributed by atoms with Crippen molar-refractivity contribution in [1.29, 1.82) is 0 Å². The van der Waals surface area contributed by atoms with Gasteiger partial charge in [-0.25, -0.2) is 0 Å². The van der Waals surface area contributed by atoms with Gasteiger partial charge >= 0.3 is 5.97 Å². The molecule has 0 aliphatic heterocycles. The van der Waals surface area contributed by atoms with Crippen molar-refractivity contribution in [3.8, 4) is 0 Å². The van der Waals surface area contributed by atoms with Crippen LogP contribution in [0.15, 0.2) is 27.6 Å². The van der Waals surface area contributed by atoms with Crippen molar-refractivity contribution >= 4 is 39.3 Å². The van der Waals surface area contributed by atoms with Gasteiger partial charge in [0.1, 0.15) is 4.75 Å². The second kappa shape index (κ2) is 5.05. The normalized spacial score (nSPS) is 11.2. The third-order valence-corrected chi connectivity index (χ3v) is 4.19. The van der Waals surface area contributed by atoms with E-state index >= 15 is 0 Å². The van der Waals surface area contributed by atoms with Gasteiger partial charge < -0.3 is 5.11 Å². The maximum atomic E-state index is 11.0. The van der Waals surface area contributed by atoms with E-state index in [0.29, 0.717) is 9.37 Å². The monoisotopic (exact) mass is 319 g/mol. The number of aliphatic carboxylic acids is 1. The van der Waals surface area contributed by atoms with Crippen molar-refractivity contribution in [1.82, 2.24) is 0 Å². The fraction of sp³-hybridized carbons (Fsp3) is 0.300. The molecule has 0 bridgehead atoms. The van der Waals surface area contributed by atoms with Crippen LogP contribution in [0.25, 0.3) is 0 Å². The van der Waals surface area contributed by atoms with E-state index in [1.54, 1.807) is 13.8 Å². The lowest BCUT2D eigenvalue weighted by atomic mass is 10.2. The minimum Gasteiger partial charge on any atom is -0.480 e. The van der Waals surface area contributed by atoms with Gasteiger partial charge in [-0.3, -0.25) is 14.9 Å². The minimum absolute atomic E-state index is 0.0330. The smallest absolute Gasteiger partial charge is 0.319 e. The second-order valence-corrected chi connectivity index (χ2v) is 6.31. The first kappa shape index (κ1) is 14.0. The summed E-state index contributed by atoms with van der Waals surface area (Å²) in [5, 5.41) is 19.5. The Kier molecular flexibility index (Phi) is 4.16. The molecule has 1 rings (SSSR count). The van der Waals surface area contributed by atoms with E-state index in [1.165, 1.54) is 18.2 Å². The Labute approximate surface area is 110 Å². The molecule has 0 aliphatic carbocycles. The van der Waals surface area contributed by atoms with E-state index in [1.807, 2.05) is 0 Å². The number of halogens is 1. The highest BCUT2D eigenvalue weighted by Crippen LogP contribution is 2.38. The number of nitro benzene ring substituents is 1. The van der Waals surface area contributed by atoms with Crippen LogP contribution in [-0.4, -0.2) is 20.7 Å². The van der Waals surface area contributed by atoms with Gasteiger partial charge in [0.25, 0.3) is 5.69 Å². The predicted molar refractivity (Wildman–Crippen MR) is 68.4 cm³/mol. The number of benzene rings is 1. The molecule has 0 radical (unpaired) electrons. The Balaban J connectivity index is 3.02. The lowest BCUT2D eigenvalue weighted by Crippen LogP contribution is -2.26. The number of hydrogen-bond acceptors (Lipinski definition) is 4. The van der Waals surface area contributed by atoms with Crippen LogP contribution in [0.2, 0.25) is 0 Å². The Morgan fingerprint density at radius 3 is 2.53 bits per heavy atom. The largest absolute Gasteiger partial charge is 0.480 e. The molecule has 0 aliphatic rings. The summed E-state index contributed by atoms with van der Waals surface area (Å²) >= 11 is 4.33. The van der Waals surface area contributed by atoms with Crippen LogP contribution in [-0.2, 0) is 4.79 Å². The molecule has 0 fully saturated rings. The first-order chi connectivity index (χ1) is 7.74. The Hall–Kier alpha value is -1.08. The van der Waals surface area contributed by atoms with Gasteiger partial charge in [0.2, 0.25) is 0 Å². The molecule has 1 N–H and O–H groups in total. The van der Waals surface area contributed by atoms with E-state index < -0.39 is 15.6 Å². The lowest BCUT2D eigenvalue weighted by Gasteiger charge is -2.18.